The lowest BCUT2D eigenvalue weighted by atomic mass is 10.1. The molecule has 0 spiro atoms. The molecule has 1 N–H and O–H groups in total. The van der Waals surface area contributed by atoms with Gasteiger partial charge >= 0.3 is 0 Å². The lowest BCUT2D eigenvalue weighted by Gasteiger charge is -2.11. The van der Waals surface area contributed by atoms with E-state index in [4.69, 9.17) is 0 Å². The van der Waals surface area contributed by atoms with Gasteiger partial charge in [0, 0.05) is 24.8 Å². The van der Waals surface area contributed by atoms with Gasteiger partial charge in [-0.25, -0.2) is 4.98 Å². The standard InChI is InChI=1S/C13H20N6O/c1-4-18-7-12(11(3)17-18)5-15-13(20)10(2)6-19-9-14-8-16-19/h7-10H,4-6H2,1-3H3,(H,15,20)/t10-/m0/s1. The number of carbonyl (C=O) groups excluding carboxylic acids is 1. The molecule has 0 aliphatic carbocycles. The molecule has 1 amide bonds. The molecule has 0 aliphatic heterocycles. The average molecular weight is 276 g/mol. The van der Waals surface area contributed by atoms with Crippen molar-refractivity contribution < 1.29 is 4.79 Å². The third-order valence-corrected chi connectivity index (χ3v) is 3.20. The van der Waals surface area contributed by atoms with Crippen LogP contribution >= 0.6 is 0 Å². The molecule has 2 aromatic rings. The summed E-state index contributed by atoms with van der Waals surface area (Å²) in [6.45, 7) is 7.73. The molecule has 2 rings (SSSR count). The van der Waals surface area contributed by atoms with Gasteiger partial charge in [0.15, 0.2) is 0 Å². The molecule has 7 nitrogen and oxygen atoms in total. The molecule has 0 radical (unpaired) electrons. The number of aromatic nitrogens is 5. The first kappa shape index (κ1) is 14.2. The van der Waals surface area contributed by atoms with Gasteiger partial charge in [-0.3, -0.25) is 14.2 Å². The van der Waals surface area contributed by atoms with E-state index in [1.54, 1.807) is 11.0 Å². The SMILES string of the molecule is CCn1cc(CNC(=O)[C@@H](C)Cn2cncn2)c(C)n1. The first-order chi connectivity index (χ1) is 9.60. The first-order valence-corrected chi connectivity index (χ1v) is 6.73. The number of amides is 1. The molecule has 0 fully saturated rings. The molecule has 0 saturated heterocycles. The fourth-order valence-electron chi connectivity index (χ4n) is 1.94. The summed E-state index contributed by atoms with van der Waals surface area (Å²) in [4.78, 5) is 15.9. The molecule has 2 aromatic heterocycles. The van der Waals surface area contributed by atoms with E-state index in [-0.39, 0.29) is 11.8 Å². The van der Waals surface area contributed by atoms with E-state index in [2.05, 4.69) is 20.5 Å². The molecule has 7 heteroatoms. The maximum absolute atomic E-state index is 12.0. The van der Waals surface area contributed by atoms with Gasteiger partial charge in [0.1, 0.15) is 12.7 Å². The van der Waals surface area contributed by atoms with Gasteiger partial charge in [0.2, 0.25) is 5.91 Å². The van der Waals surface area contributed by atoms with Crippen LogP contribution in [0.1, 0.15) is 25.1 Å². The van der Waals surface area contributed by atoms with Crippen LogP contribution in [-0.4, -0.2) is 30.5 Å². The fraction of sp³-hybridized carbons (Fsp3) is 0.538. The van der Waals surface area contributed by atoms with Gasteiger partial charge in [0.05, 0.1) is 18.2 Å². The maximum Gasteiger partial charge on any atom is 0.224 e. The Morgan fingerprint density at radius 1 is 1.45 bits per heavy atom. The van der Waals surface area contributed by atoms with Gasteiger partial charge in [-0.2, -0.15) is 10.2 Å². The molecule has 0 bridgehead atoms. The lowest BCUT2D eigenvalue weighted by Crippen LogP contribution is -2.31. The molecule has 0 unspecified atom stereocenters. The highest BCUT2D eigenvalue weighted by molar-refractivity contribution is 5.78. The van der Waals surface area contributed by atoms with Crippen LogP contribution in [-0.2, 0) is 24.4 Å². The van der Waals surface area contributed by atoms with E-state index in [1.165, 1.54) is 6.33 Å². The normalized spacial score (nSPS) is 12.3. The van der Waals surface area contributed by atoms with Gasteiger partial charge in [-0.05, 0) is 13.8 Å². The number of aryl methyl sites for hydroxylation is 2. The Morgan fingerprint density at radius 2 is 2.25 bits per heavy atom. The third kappa shape index (κ3) is 3.43. The Kier molecular flexibility index (Phi) is 4.49. The number of carbonyl (C=O) groups is 1. The Hall–Kier alpha value is -2.18. The molecular formula is C13H20N6O. The minimum absolute atomic E-state index is 0.00384. The zero-order valence-electron chi connectivity index (χ0n) is 12.1. The molecule has 108 valence electrons. The zero-order chi connectivity index (χ0) is 14.5. The van der Waals surface area contributed by atoms with Crippen LogP contribution in [0.15, 0.2) is 18.9 Å². The Morgan fingerprint density at radius 3 is 2.85 bits per heavy atom. The van der Waals surface area contributed by atoms with E-state index in [9.17, 15) is 4.79 Å². The maximum atomic E-state index is 12.0. The number of hydrogen-bond donors (Lipinski definition) is 1. The Bertz CT molecular complexity index is 559. The summed E-state index contributed by atoms with van der Waals surface area (Å²) in [5, 5.41) is 11.3. The number of nitrogens with zero attached hydrogens (tertiary/aromatic N) is 5. The predicted octanol–water partition coefficient (Wildman–Crippen LogP) is 0.755. The van der Waals surface area contributed by atoms with Gasteiger partial charge in [0.25, 0.3) is 0 Å². The molecular weight excluding hydrogens is 256 g/mol. The summed E-state index contributed by atoms with van der Waals surface area (Å²) < 4.78 is 3.53. The monoisotopic (exact) mass is 276 g/mol. The lowest BCUT2D eigenvalue weighted by molar-refractivity contribution is -0.125. The average Bonchev–Trinajstić information content (AvgIpc) is 3.05. The van der Waals surface area contributed by atoms with Crippen LogP contribution in [0.2, 0.25) is 0 Å². The molecule has 2 heterocycles. The molecule has 0 aliphatic rings. The molecule has 1 atom stereocenters. The van der Waals surface area contributed by atoms with Gasteiger partial charge in [-0.1, -0.05) is 6.92 Å². The quantitative estimate of drug-likeness (QED) is 0.844. The van der Waals surface area contributed by atoms with Gasteiger partial charge in [-0.15, -0.1) is 0 Å². The smallest absolute Gasteiger partial charge is 0.224 e. The second kappa shape index (κ2) is 6.31. The van der Waals surface area contributed by atoms with E-state index in [1.807, 2.05) is 31.6 Å². The predicted molar refractivity (Wildman–Crippen MR) is 73.7 cm³/mol. The molecule has 0 aromatic carbocycles. The number of hydrogen-bond acceptors (Lipinski definition) is 4. The van der Waals surface area contributed by atoms with Crippen molar-refractivity contribution in [1.82, 2.24) is 29.9 Å². The van der Waals surface area contributed by atoms with Crippen LogP contribution < -0.4 is 5.32 Å². The summed E-state index contributed by atoms with van der Waals surface area (Å²) in [6.07, 6.45) is 5.05. The van der Waals surface area contributed by atoms with Crippen molar-refractivity contribution in [2.75, 3.05) is 0 Å². The van der Waals surface area contributed by atoms with Crippen LogP contribution in [0, 0.1) is 12.8 Å². The van der Waals surface area contributed by atoms with Crippen LogP contribution in [0.25, 0.3) is 0 Å². The summed E-state index contributed by atoms with van der Waals surface area (Å²) in [7, 11) is 0. The second-order valence-electron chi connectivity index (χ2n) is 4.83. The third-order valence-electron chi connectivity index (χ3n) is 3.20. The van der Waals surface area contributed by atoms with E-state index >= 15 is 0 Å². The zero-order valence-corrected chi connectivity index (χ0v) is 12.1. The Labute approximate surface area is 118 Å². The van der Waals surface area contributed by atoms with Crippen molar-refractivity contribution >= 4 is 5.91 Å². The second-order valence-corrected chi connectivity index (χ2v) is 4.83. The van der Waals surface area contributed by atoms with Crippen molar-refractivity contribution in [2.45, 2.75) is 40.4 Å². The number of rotatable bonds is 6. The van der Waals surface area contributed by atoms with Crippen molar-refractivity contribution in [2.24, 2.45) is 5.92 Å². The summed E-state index contributed by atoms with van der Waals surface area (Å²) in [5.74, 6) is -0.151. The summed E-state index contributed by atoms with van der Waals surface area (Å²) in [6, 6.07) is 0. The van der Waals surface area contributed by atoms with E-state index < -0.39 is 0 Å². The van der Waals surface area contributed by atoms with Crippen molar-refractivity contribution in [3.05, 3.63) is 30.1 Å². The van der Waals surface area contributed by atoms with Crippen molar-refractivity contribution in [3.63, 3.8) is 0 Å². The Balaban J connectivity index is 1.86. The minimum Gasteiger partial charge on any atom is -0.352 e. The summed E-state index contributed by atoms with van der Waals surface area (Å²) >= 11 is 0. The molecule has 20 heavy (non-hydrogen) atoms. The van der Waals surface area contributed by atoms with Crippen LogP contribution in [0.4, 0.5) is 0 Å². The first-order valence-electron chi connectivity index (χ1n) is 6.73. The van der Waals surface area contributed by atoms with Crippen molar-refractivity contribution in [1.29, 1.82) is 0 Å². The van der Waals surface area contributed by atoms with E-state index in [0.717, 1.165) is 17.8 Å². The highest BCUT2D eigenvalue weighted by Crippen LogP contribution is 2.06. The highest BCUT2D eigenvalue weighted by atomic mass is 16.1. The van der Waals surface area contributed by atoms with Crippen LogP contribution in [0.3, 0.4) is 0 Å². The fourth-order valence-corrected chi connectivity index (χ4v) is 1.94. The van der Waals surface area contributed by atoms with E-state index in [0.29, 0.717) is 13.1 Å². The van der Waals surface area contributed by atoms with Crippen molar-refractivity contribution in [3.8, 4) is 0 Å². The van der Waals surface area contributed by atoms with Crippen LogP contribution in [0.5, 0.6) is 0 Å². The largest absolute Gasteiger partial charge is 0.352 e. The topological polar surface area (TPSA) is 77.6 Å². The minimum atomic E-state index is -0.154. The number of nitrogens with one attached hydrogen (secondary N) is 1. The van der Waals surface area contributed by atoms with Gasteiger partial charge < -0.3 is 5.32 Å². The summed E-state index contributed by atoms with van der Waals surface area (Å²) in [5.41, 5.74) is 2.00. The molecule has 0 saturated carbocycles. The highest BCUT2D eigenvalue weighted by Gasteiger charge is 2.14.